The van der Waals surface area contributed by atoms with Gasteiger partial charge in [-0.2, -0.15) is 0 Å². The van der Waals surface area contributed by atoms with Crippen molar-refractivity contribution in [3.63, 3.8) is 0 Å². The lowest BCUT2D eigenvalue weighted by Crippen LogP contribution is -2.41. The standard InChI is InChI=1S/C14H27N2O5P/c1-5-20-22(18,19)11-8-15-9-14(11)6-7-16(10-14)12(17)21-13(2,3)4/h11,15H,5-10H2,1-4H3,(H,18,19). The highest BCUT2D eigenvalue weighted by molar-refractivity contribution is 7.53. The molecule has 0 aromatic carbocycles. The van der Waals surface area contributed by atoms with Crippen LogP contribution in [-0.4, -0.2) is 59.9 Å². The van der Waals surface area contributed by atoms with Gasteiger partial charge in [0, 0.05) is 31.6 Å². The first-order valence-electron chi connectivity index (χ1n) is 7.75. The fraction of sp³-hybridized carbons (Fsp3) is 0.929. The minimum Gasteiger partial charge on any atom is -0.444 e. The van der Waals surface area contributed by atoms with Gasteiger partial charge in [-0.15, -0.1) is 0 Å². The van der Waals surface area contributed by atoms with E-state index in [9.17, 15) is 14.3 Å². The van der Waals surface area contributed by atoms with Crippen molar-refractivity contribution in [3.05, 3.63) is 0 Å². The molecule has 22 heavy (non-hydrogen) atoms. The summed E-state index contributed by atoms with van der Waals surface area (Å²) in [5.41, 5.74) is -1.43. The maximum Gasteiger partial charge on any atom is 0.410 e. The van der Waals surface area contributed by atoms with E-state index in [1.807, 2.05) is 20.8 Å². The predicted molar refractivity (Wildman–Crippen MR) is 83.0 cm³/mol. The Kier molecular flexibility index (Phi) is 4.93. The number of likely N-dealkylation sites (tertiary alicyclic amines) is 1. The number of ether oxygens (including phenoxy) is 1. The lowest BCUT2D eigenvalue weighted by atomic mass is 9.86. The van der Waals surface area contributed by atoms with Crippen molar-refractivity contribution < 1.29 is 23.5 Å². The highest BCUT2D eigenvalue weighted by Crippen LogP contribution is 2.58. The second kappa shape index (κ2) is 6.11. The summed E-state index contributed by atoms with van der Waals surface area (Å²) in [5, 5.41) is 3.19. The van der Waals surface area contributed by atoms with Gasteiger partial charge in [0.1, 0.15) is 5.60 Å². The van der Waals surface area contributed by atoms with Gasteiger partial charge in [-0.1, -0.05) is 0 Å². The highest BCUT2D eigenvalue weighted by atomic mass is 31.2. The minimum atomic E-state index is -3.69. The third-order valence-corrected chi connectivity index (χ3v) is 6.41. The molecule has 1 amide bonds. The van der Waals surface area contributed by atoms with Crippen LogP contribution in [-0.2, 0) is 13.8 Å². The summed E-state index contributed by atoms with van der Waals surface area (Å²) in [5.74, 6) is 0. The molecule has 2 N–H and O–H groups in total. The van der Waals surface area contributed by atoms with Crippen LogP contribution in [0.15, 0.2) is 0 Å². The molecular formula is C14H27N2O5P. The molecule has 2 aliphatic rings. The Balaban J connectivity index is 2.09. The van der Waals surface area contributed by atoms with Gasteiger partial charge in [-0.3, -0.25) is 4.57 Å². The lowest BCUT2D eigenvalue weighted by molar-refractivity contribution is 0.0274. The average molecular weight is 334 g/mol. The smallest absolute Gasteiger partial charge is 0.410 e. The number of hydrogen-bond acceptors (Lipinski definition) is 5. The molecule has 7 nitrogen and oxygen atoms in total. The molecule has 0 aromatic rings. The number of amides is 1. The van der Waals surface area contributed by atoms with Crippen LogP contribution in [0.1, 0.15) is 34.1 Å². The zero-order chi connectivity index (χ0) is 16.6. The Morgan fingerprint density at radius 1 is 1.50 bits per heavy atom. The third-order valence-electron chi connectivity index (χ3n) is 4.27. The molecule has 3 atom stereocenters. The van der Waals surface area contributed by atoms with Crippen molar-refractivity contribution in [2.24, 2.45) is 5.41 Å². The van der Waals surface area contributed by atoms with Crippen LogP contribution in [0.25, 0.3) is 0 Å². The number of nitrogens with one attached hydrogen (secondary N) is 1. The Bertz CT molecular complexity index is 478. The number of carbonyl (C=O) groups is 1. The Morgan fingerprint density at radius 3 is 2.77 bits per heavy atom. The first kappa shape index (κ1) is 17.7. The predicted octanol–water partition coefficient (Wildman–Crippen LogP) is 1.81. The first-order chi connectivity index (χ1) is 10.1. The summed E-state index contributed by atoms with van der Waals surface area (Å²) in [6.07, 6.45) is 0.320. The van der Waals surface area contributed by atoms with Crippen LogP contribution in [0, 0.1) is 5.41 Å². The van der Waals surface area contributed by atoms with E-state index >= 15 is 0 Å². The molecule has 2 fully saturated rings. The van der Waals surface area contributed by atoms with Crippen LogP contribution >= 0.6 is 7.60 Å². The molecule has 0 aliphatic carbocycles. The van der Waals surface area contributed by atoms with E-state index in [1.165, 1.54) is 0 Å². The van der Waals surface area contributed by atoms with Gasteiger partial charge in [-0.25, -0.2) is 4.79 Å². The van der Waals surface area contributed by atoms with Gasteiger partial charge in [0.05, 0.1) is 12.3 Å². The van der Waals surface area contributed by atoms with Gasteiger partial charge in [0.15, 0.2) is 0 Å². The second-order valence-electron chi connectivity index (χ2n) is 7.14. The minimum absolute atomic E-state index is 0.205. The van der Waals surface area contributed by atoms with E-state index in [4.69, 9.17) is 9.26 Å². The van der Waals surface area contributed by atoms with E-state index in [-0.39, 0.29) is 12.7 Å². The van der Waals surface area contributed by atoms with Crippen molar-refractivity contribution in [1.82, 2.24) is 10.2 Å². The van der Waals surface area contributed by atoms with Crippen molar-refractivity contribution >= 4 is 13.7 Å². The maximum atomic E-state index is 12.4. The summed E-state index contributed by atoms with van der Waals surface area (Å²) in [6.45, 7) is 9.42. The zero-order valence-electron chi connectivity index (χ0n) is 13.8. The van der Waals surface area contributed by atoms with E-state index in [2.05, 4.69) is 5.32 Å². The largest absolute Gasteiger partial charge is 0.444 e. The molecule has 2 saturated heterocycles. The molecule has 1 spiro atoms. The molecule has 2 heterocycles. The van der Waals surface area contributed by atoms with E-state index in [0.717, 1.165) is 0 Å². The topological polar surface area (TPSA) is 88.1 Å². The Labute approximate surface area is 131 Å². The van der Waals surface area contributed by atoms with Crippen molar-refractivity contribution in [2.75, 3.05) is 32.8 Å². The number of nitrogens with zero attached hydrogens (tertiary/aromatic N) is 1. The fourth-order valence-electron chi connectivity index (χ4n) is 3.32. The summed E-state index contributed by atoms with van der Waals surface area (Å²) in [6, 6.07) is 0. The Hall–Kier alpha value is -0.620. The maximum absolute atomic E-state index is 12.4. The van der Waals surface area contributed by atoms with E-state index in [1.54, 1.807) is 11.8 Å². The van der Waals surface area contributed by atoms with Crippen molar-refractivity contribution in [1.29, 1.82) is 0 Å². The number of hydrogen-bond donors (Lipinski definition) is 2. The molecule has 0 radical (unpaired) electrons. The molecule has 2 aliphatic heterocycles. The zero-order valence-corrected chi connectivity index (χ0v) is 14.7. The van der Waals surface area contributed by atoms with E-state index in [0.29, 0.717) is 32.6 Å². The summed E-state index contributed by atoms with van der Waals surface area (Å²) < 4.78 is 23.0. The monoisotopic (exact) mass is 334 g/mol. The first-order valence-corrected chi connectivity index (χ1v) is 9.40. The second-order valence-corrected chi connectivity index (χ2v) is 9.15. The molecule has 128 valence electrons. The SMILES string of the molecule is CCOP(=O)(O)C1CNCC12CCN(C(=O)OC(C)(C)C)C2. The van der Waals surface area contributed by atoms with Gasteiger partial charge < -0.3 is 24.4 Å². The third kappa shape index (κ3) is 3.65. The van der Waals surface area contributed by atoms with Gasteiger partial charge in [0.25, 0.3) is 0 Å². The summed E-state index contributed by atoms with van der Waals surface area (Å²) in [7, 11) is -3.69. The van der Waals surface area contributed by atoms with Gasteiger partial charge in [0.2, 0.25) is 0 Å². The molecule has 3 unspecified atom stereocenters. The quantitative estimate of drug-likeness (QED) is 0.765. The van der Waals surface area contributed by atoms with Crippen molar-refractivity contribution in [3.8, 4) is 0 Å². The number of carbonyl (C=O) groups excluding carboxylic acids is 1. The van der Waals surface area contributed by atoms with Crippen LogP contribution in [0.4, 0.5) is 4.79 Å². The van der Waals surface area contributed by atoms with Crippen LogP contribution in [0.3, 0.4) is 0 Å². The average Bonchev–Trinajstić information content (AvgIpc) is 2.96. The van der Waals surface area contributed by atoms with Gasteiger partial charge in [-0.05, 0) is 34.1 Å². The van der Waals surface area contributed by atoms with Crippen LogP contribution in [0.5, 0.6) is 0 Å². The molecular weight excluding hydrogens is 307 g/mol. The van der Waals surface area contributed by atoms with Crippen LogP contribution in [0.2, 0.25) is 0 Å². The molecule has 0 bridgehead atoms. The summed E-state index contributed by atoms with van der Waals surface area (Å²) >= 11 is 0. The summed E-state index contributed by atoms with van der Waals surface area (Å²) in [4.78, 5) is 24.0. The molecule has 2 rings (SSSR count). The van der Waals surface area contributed by atoms with Crippen LogP contribution < -0.4 is 5.32 Å². The molecule has 0 saturated carbocycles. The molecule has 8 heteroatoms. The highest BCUT2D eigenvalue weighted by Gasteiger charge is 2.56. The normalized spacial score (nSPS) is 31.5. The Morgan fingerprint density at radius 2 is 2.18 bits per heavy atom. The van der Waals surface area contributed by atoms with Crippen molar-refractivity contribution in [2.45, 2.75) is 45.4 Å². The lowest BCUT2D eigenvalue weighted by Gasteiger charge is -2.32. The molecule has 0 aromatic heterocycles. The van der Waals surface area contributed by atoms with Gasteiger partial charge >= 0.3 is 13.7 Å². The van der Waals surface area contributed by atoms with E-state index < -0.39 is 24.3 Å². The fourth-order valence-corrected chi connectivity index (χ4v) is 5.23. The number of rotatable bonds is 3.